The van der Waals surface area contributed by atoms with Gasteiger partial charge in [-0.15, -0.1) is 0 Å². The van der Waals surface area contributed by atoms with Gasteiger partial charge in [-0.2, -0.15) is 4.31 Å². The van der Waals surface area contributed by atoms with Crippen molar-refractivity contribution in [3.05, 3.63) is 24.3 Å². The fourth-order valence-corrected chi connectivity index (χ4v) is 4.74. The van der Waals surface area contributed by atoms with E-state index >= 15 is 0 Å². The topological polar surface area (TPSA) is 102 Å². The molecule has 9 heteroatoms. The number of carbonyl (C=O) groups is 2. The molecule has 3 rings (SSSR count). The van der Waals surface area contributed by atoms with Crippen LogP contribution >= 0.6 is 0 Å². The van der Waals surface area contributed by atoms with E-state index in [0.717, 1.165) is 25.7 Å². The Morgan fingerprint density at radius 1 is 1.19 bits per heavy atom. The fourth-order valence-electron chi connectivity index (χ4n) is 3.18. The minimum Gasteiger partial charge on any atom is -0.454 e. The highest BCUT2D eigenvalue weighted by molar-refractivity contribution is 7.89. The lowest BCUT2D eigenvalue weighted by Gasteiger charge is -2.26. The molecular weight excluding hydrogens is 372 g/mol. The molecule has 0 radical (unpaired) electrons. The van der Waals surface area contributed by atoms with Crippen LogP contribution in [0.2, 0.25) is 0 Å². The van der Waals surface area contributed by atoms with Crippen LogP contribution in [0.4, 0.5) is 5.69 Å². The second kappa shape index (κ2) is 8.81. The standard InChI is InChI=1S/C18H24N2O6S/c21-17(13-26-18(22)16-8-5-11-25-16)19-14-6-4-7-15(12-14)27(23,24)20-9-2-1-3-10-20/h4,6-7,12,16H,1-3,5,8-11,13H2,(H,19,21)/t16-/m1/s1. The molecule has 2 saturated heterocycles. The highest BCUT2D eigenvalue weighted by atomic mass is 32.2. The molecule has 8 nitrogen and oxygen atoms in total. The van der Waals surface area contributed by atoms with Crippen LogP contribution in [0.3, 0.4) is 0 Å². The predicted octanol–water partition coefficient (Wildman–Crippen LogP) is 1.52. The lowest BCUT2D eigenvalue weighted by molar-refractivity contribution is -0.156. The summed E-state index contributed by atoms with van der Waals surface area (Å²) in [4.78, 5) is 23.9. The van der Waals surface area contributed by atoms with Gasteiger partial charge in [0, 0.05) is 25.4 Å². The average molecular weight is 396 g/mol. The predicted molar refractivity (Wildman–Crippen MR) is 97.6 cm³/mol. The normalized spacial score (nSPS) is 21.0. The van der Waals surface area contributed by atoms with E-state index in [9.17, 15) is 18.0 Å². The van der Waals surface area contributed by atoms with Crippen LogP contribution in [0.5, 0.6) is 0 Å². The van der Waals surface area contributed by atoms with Gasteiger partial charge in [-0.25, -0.2) is 13.2 Å². The van der Waals surface area contributed by atoms with Crippen molar-refractivity contribution in [1.29, 1.82) is 0 Å². The van der Waals surface area contributed by atoms with E-state index in [1.165, 1.54) is 16.4 Å². The molecule has 27 heavy (non-hydrogen) atoms. The van der Waals surface area contributed by atoms with E-state index in [4.69, 9.17) is 9.47 Å². The second-order valence-corrected chi connectivity index (χ2v) is 8.59. The average Bonchev–Trinajstić information content (AvgIpc) is 3.22. The number of piperidine rings is 1. The van der Waals surface area contributed by atoms with Gasteiger partial charge in [-0.3, -0.25) is 4.79 Å². The van der Waals surface area contributed by atoms with Crippen LogP contribution in [-0.2, 0) is 29.1 Å². The molecule has 2 aliphatic rings. The van der Waals surface area contributed by atoms with Crippen LogP contribution in [-0.4, -0.2) is 57.0 Å². The highest BCUT2D eigenvalue weighted by Crippen LogP contribution is 2.23. The van der Waals surface area contributed by atoms with E-state index in [1.807, 2.05) is 0 Å². The van der Waals surface area contributed by atoms with Crippen molar-refractivity contribution < 1.29 is 27.5 Å². The number of nitrogens with one attached hydrogen (secondary N) is 1. The van der Waals surface area contributed by atoms with Gasteiger partial charge in [-0.1, -0.05) is 12.5 Å². The van der Waals surface area contributed by atoms with Gasteiger partial charge in [-0.05, 0) is 43.9 Å². The summed E-state index contributed by atoms with van der Waals surface area (Å²) in [5, 5.41) is 2.56. The van der Waals surface area contributed by atoms with Gasteiger partial charge in [0.1, 0.15) is 0 Å². The first-order valence-corrected chi connectivity index (χ1v) is 10.6. The van der Waals surface area contributed by atoms with E-state index in [-0.39, 0.29) is 4.90 Å². The number of amides is 1. The summed E-state index contributed by atoms with van der Waals surface area (Å²) in [6, 6.07) is 6.10. The highest BCUT2D eigenvalue weighted by Gasteiger charge is 2.27. The van der Waals surface area contributed by atoms with Crippen LogP contribution in [0, 0.1) is 0 Å². The third-order valence-electron chi connectivity index (χ3n) is 4.61. The molecule has 148 valence electrons. The molecule has 2 heterocycles. The van der Waals surface area contributed by atoms with Gasteiger partial charge in [0.2, 0.25) is 10.0 Å². The van der Waals surface area contributed by atoms with Crippen molar-refractivity contribution in [3.63, 3.8) is 0 Å². The Kier molecular flexibility index (Phi) is 6.46. The molecular formula is C18H24N2O6S. The first-order valence-electron chi connectivity index (χ1n) is 9.15. The summed E-state index contributed by atoms with van der Waals surface area (Å²) in [6.45, 7) is 1.10. The van der Waals surface area contributed by atoms with Gasteiger partial charge in [0.05, 0.1) is 4.90 Å². The molecule has 0 saturated carbocycles. The number of rotatable bonds is 6. The molecule has 0 bridgehead atoms. The molecule has 2 aliphatic heterocycles. The molecule has 0 aromatic heterocycles. The first kappa shape index (κ1) is 19.8. The Morgan fingerprint density at radius 3 is 2.67 bits per heavy atom. The Hall–Kier alpha value is -1.97. The Balaban J connectivity index is 1.58. The number of carbonyl (C=O) groups excluding carboxylic acids is 2. The third kappa shape index (κ3) is 5.06. The van der Waals surface area contributed by atoms with E-state index in [0.29, 0.717) is 31.8 Å². The summed E-state index contributed by atoms with van der Waals surface area (Å²) >= 11 is 0. The number of nitrogens with zero attached hydrogens (tertiary/aromatic N) is 1. The van der Waals surface area contributed by atoms with Gasteiger partial charge in [0.15, 0.2) is 12.7 Å². The molecule has 0 aliphatic carbocycles. The van der Waals surface area contributed by atoms with E-state index in [2.05, 4.69) is 5.32 Å². The summed E-state index contributed by atoms with van der Waals surface area (Å²) in [5.74, 6) is -1.09. The summed E-state index contributed by atoms with van der Waals surface area (Å²) in [6.07, 6.45) is 3.53. The fraction of sp³-hybridized carbons (Fsp3) is 0.556. The monoisotopic (exact) mass is 396 g/mol. The maximum Gasteiger partial charge on any atom is 0.335 e. The molecule has 1 amide bonds. The van der Waals surface area contributed by atoms with E-state index in [1.54, 1.807) is 12.1 Å². The largest absolute Gasteiger partial charge is 0.454 e. The van der Waals surface area contributed by atoms with Gasteiger partial charge < -0.3 is 14.8 Å². The van der Waals surface area contributed by atoms with Crippen molar-refractivity contribution in [3.8, 4) is 0 Å². The van der Waals surface area contributed by atoms with Gasteiger partial charge in [0.25, 0.3) is 5.91 Å². The minimum atomic E-state index is -3.58. The molecule has 1 aromatic carbocycles. The van der Waals surface area contributed by atoms with Crippen molar-refractivity contribution in [2.24, 2.45) is 0 Å². The van der Waals surface area contributed by atoms with Crippen molar-refractivity contribution in [2.45, 2.75) is 43.1 Å². The Morgan fingerprint density at radius 2 is 1.96 bits per heavy atom. The van der Waals surface area contributed by atoms with Crippen molar-refractivity contribution in [1.82, 2.24) is 4.31 Å². The lowest BCUT2D eigenvalue weighted by Crippen LogP contribution is -2.35. The minimum absolute atomic E-state index is 0.138. The maximum atomic E-state index is 12.7. The second-order valence-electron chi connectivity index (χ2n) is 6.65. The molecule has 1 atom stereocenters. The maximum absolute atomic E-state index is 12.7. The van der Waals surface area contributed by atoms with Crippen LogP contribution in [0.15, 0.2) is 29.2 Å². The number of hydrogen-bond acceptors (Lipinski definition) is 6. The SMILES string of the molecule is O=C(COC(=O)[C@H]1CCCO1)Nc1cccc(S(=O)(=O)N2CCCCC2)c1. The zero-order valence-corrected chi connectivity index (χ0v) is 15.9. The van der Waals surface area contributed by atoms with Crippen LogP contribution < -0.4 is 5.32 Å². The quantitative estimate of drug-likeness (QED) is 0.732. The zero-order chi connectivity index (χ0) is 19.3. The van der Waals surface area contributed by atoms with Gasteiger partial charge >= 0.3 is 5.97 Å². The smallest absolute Gasteiger partial charge is 0.335 e. The van der Waals surface area contributed by atoms with Crippen molar-refractivity contribution >= 4 is 27.6 Å². The number of esters is 1. The molecule has 1 aromatic rings. The summed E-state index contributed by atoms with van der Waals surface area (Å²) in [5.41, 5.74) is 0.339. The summed E-state index contributed by atoms with van der Waals surface area (Å²) < 4.78 is 37.1. The number of sulfonamides is 1. The number of ether oxygens (including phenoxy) is 2. The van der Waals surface area contributed by atoms with E-state index < -0.39 is 34.6 Å². The first-order chi connectivity index (χ1) is 13.0. The van der Waals surface area contributed by atoms with Crippen molar-refractivity contribution in [2.75, 3.05) is 31.6 Å². The third-order valence-corrected chi connectivity index (χ3v) is 6.50. The number of hydrogen-bond donors (Lipinski definition) is 1. The Labute approximate surface area is 158 Å². The van der Waals surface area contributed by atoms with Crippen LogP contribution in [0.1, 0.15) is 32.1 Å². The molecule has 0 unspecified atom stereocenters. The summed E-state index contributed by atoms with van der Waals surface area (Å²) in [7, 11) is -3.58. The zero-order valence-electron chi connectivity index (χ0n) is 15.1. The number of benzene rings is 1. The number of anilines is 1. The molecule has 2 fully saturated rings. The lowest BCUT2D eigenvalue weighted by atomic mass is 10.2. The molecule has 1 N–H and O–H groups in total. The van der Waals surface area contributed by atoms with Crippen LogP contribution in [0.25, 0.3) is 0 Å². The Bertz CT molecular complexity index is 783. The molecule has 0 spiro atoms.